The maximum absolute atomic E-state index is 2.53. The van der Waals surface area contributed by atoms with Crippen LogP contribution < -0.4 is 4.90 Å². The van der Waals surface area contributed by atoms with Gasteiger partial charge in [0.15, 0.2) is 0 Å². The van der Waals surface area contributed by atoms with Gasteiger partial charge >= 0.3 is 0 Å². The van der Waals surface area contributed by atoms with Crippen molar-refractivity contribution < 1.29 is 0 Å². The van der Waals surface area contributed by atoms with Crippen LogP contribution in [-0.2, 0) is 5.41 Å². The van der Waals surface area contributed by atoms with Gasteiger partial charge in [0, 0.05) is 33.2 Å². The van der Waals surface area contributed by atoms with Crippen molar-refractivity contribution in [2.45, 2.75) is 5.41 Å². The van der Waals surface area contributed by atoms with Gasteiger partial charge in [0.05, 0.1) is 22.1 Å². The molecule has 0 saturated carbocycles. The third-order valence-electron chi connectivity index (χ3n) is 14.4. The number of nitrogens with zero attached hydrogens (tertiary/aromatic N) is 2. The molecule has 0 aliphatic heterocycles. The lowest BCUT2D eigenvalue weighted by Gasteiger charge is -2.40. The molecule has 2 heteroatoms. The second-order valence-corrected chi connectivity index (χ2v) is 17.6. The van der Waals surface area contributed by atoms with Gasteiger partial charge in [0.25, 0.3) is 0 Å². The predicted octanol–water partition coefficient (Wildman–Crippen LogP) is 16.6. The van der Waals surface area contributed by atoms with Gasteiger partial charge in [-0.05, 0) is 120 Å². The number of hydrogen-bond acceptors (Lipinski definition) is 1. The molecule has 302 valence electrons. The van der Waals surface area contributed by atoms with E-state index in [0.29, 0.717) is 0 Å². The minimum atomic E-state index is -0.593. The van der Waals surface area contributed by atoms with E-state index in [2.05, 4.69) is 252 Å². The van der Waals surface area contributed by atoms with Crippen molar-refractivity contribution in [3.63, 3.8) is 0 Å². The van der Waals surface area contributed by atoms with Crippen molar-refractivity contribution in [2.75, 3.05) is 4.90 Å². The predicted molar refractivity (Wildman–Crippen MR) is 272 cm³/mol. The Bertz CT molecular complexity index is 3890. The van der Waals surface area contributed by atoms with Crippen LogP contribution in [0.25, 0.3) is 82.4 Å². The lowest BCUT2D eigenvalue weighted by molar-refractivity contribution is 0.773. The summed E-state index contributed by atoms with van der Waals surface area (Å²) in [5.41, 5.74) is 19.2. The molecule has 1 heterocycles. The number of anilines is 3. The highest BCUT2D eigenvalue weighted by molar-refractivity contribution is 6.12. The van der Waals surface area contributed by atoms with E-state index in [4.69, 9.17) is 0 Å². The zero-order valence-electron chi connectivity index (χ0n) is 35.5. The van der Waals surface area contributed by atoms with Crippen LogP contribution in [-0.4, -0.2) is 4.57 Å². The average molecular weight is 825 g/mol. The van der Waals surface area contributed by atoms with Crippen LogP contribution in [0.15, 0.2) is 243 Å². The Kier molecular flexibility index (Phi) is 7.64. The molecule has 0 saturated heterocycles. The Morgan fingerprint density at radius 2 is 0.938 bits per heavy atom. The summed E-state index contributed by atoms with van der Waals surface area (Å²) >= 11 is 0. The molecule has 0 radical (unpaired) electrons. The summed E-state index contributed by atoms with van der Waals surface area (Å²) in [5.74, 6) is 0. The van der Waals surface area contributed by atoms with E-state index in [-0.39, 0.29) is 0 Å². The van der Waals surface area contributed by atoms with Gasteiger partial charge in [-0.25, -0.2) is 0 Å². The van der Waals surface area contributed by atoms with E-state index in [9.17, 15) is 0 Å². The van der Waals surface area contributed by atoms with Crippen molar-refractivity contribution >= 4 is 60.4 Å². The molecule has 2 aliphatic carbocycles. The highest BCUT2D eigenvalue weighted by Gasteiger charge is 2.51. The number of hydrogen-bond donors (Lipinski definition) is 0. The van der Waals surface area contributed by atoms with Crippen molar-refractivity contribution in [2.24, 2.45) is 0 Å². The van der Waals surface area contributed by atoms with Gasteiger partial charge in [0.1, 0.15) is 0 Å². The molecule has 65 heavy (non-hydrogen) atoms. The topological polar surface area (TPSA) is 8.17 Å². The summed E-state index contributed by atoms with van der Waals surface area (Å²) in [4.78, 5) is 2.51. The van der Waals surface area contributed by atoms with Gasteiger partial charge in [-0.3, -0.25) is 0 Å². The lowest BCUT2D eigenvalue weighted by Crippen LogP contribution is -2.32. The van der Waals surface area contributed by atoms with Crippen LogP contribution in [0.5, 0.6) is 0 Å². The van der Waals surface area contributed by atoms with Gasteiger partial charge in [-0.15, -0.1) is 0 Å². The zero-order valence-corrected chi connectivity index (χ0v) is 35.5. The summed E-state index contributed by atoms with van der Waals surface area (Å²) in [6.45, 7) is 0. The minimum absolute atomic E-state index is 0.593. The Hall–Kier alpha value is -8.46. The summed E-state index contributed by atoms with van der Waals surface area (Å²) in [6, 6.07) is 90.4. The number of para-hydroxylation sites is 2. The zero-order chi connectivity index (χ0) is 42.6. The van der Waals surface area contributed by atoms with Crippen LogP contribution in [0.4, 0.5) is 17.1 Å². The van der Waals surface area contributed by atoms with Crippen molar-refractivity contribution in [3.05, 3.63) is 265 Å². The molecule has 2 aliphatic rings. The fourth-order valence-electron chi connectivity index (χ4n) is 11.8. The molecule has 11 aromatic carbocycles. The Balaban J connectivity index is 1.11. The first-order chi connectivity index (χ1) is 32.3. The Morgan fingerprint density at radius 3 is 1.83 bits per heavy atom. The third kappa shape index (κ3) is 4.99. The highest BCUT2D eigenvalue weighted by atomic mass is 15.1. The number of aromatic nitrogens is 1. The molecule has 12 aromatic rings. The molecular weight excluding hydrogens is 785 g/mol. The van der Waals surface area contributed by atoms with Gasteiger partial charge in [0.2, 0.25) is 0 Å². The normalized spacial score (nSPS) is 14.5. The Morgan fingerprint density at radius 1 is 0.338 bits per heavy atom. The highest BCUT2D eigenvalue weighted by Crippen LogP contribution is 2.64. The van der Waals surface area contributed by atoms with E-state index in [1.165, 1.54) is 99.0 Å². The van der Waals surface area contributed by atoms with Crippen molar-refractivity contribution in [1.29, 1.82) is 0 Å². The fourth-order valence-corrected chi connectivity index (χ4v) is 11.8. The van der Waals surface area contributed by atoms with Gasteiger partial charge < -0.3 is 9.47 Å². The number of fused-ring (bicyclic) bond motifs is 13. The Labute approximate surface area is 377 Å². The van der Waals surface area contributed by atoms with E-state index < -0.39 is 5.41 Å². The van der Waals surface area contributed by atoms with Crippen LogP contribution >= 0.6 is 0 Å². The number of rotatable bonds is 5. The van der Waals surface area contributed by atoms with Crippen molar-refractivity contribution in [1.82, 2.24) is 4.57 Å². The second-order valence-electron chi connectivity index (χ2n) is 17.6. The van der Waals surface area contributed by atoms with Crippen molar-refractivity contribution in [3.8, 4) is 39.1 Å². The van der Waals surface area contributed by atoms with Crippen LogP contribution in [0, 0.1) is 0 Å². The first kappa shape index (κ1) is 36.1. The minimum Gasteiger partial charge on any atom is -0.310 e. The maximum Gasteiger partial charge on any atom is 0.0726 e. The van der Waals surface area contributed by atoms with Gasteiger partial charge in [-0.1, -0.05) is 194 Å². The SMILES string of the molecule is c1ccc(-c2cccc3c2-c2ccc(N(c4ccc5c6ccccc6n(-c6ccccc6)c5c4)c4cccc5ccccc45)cc2C32c3ccccc3-c3cccc4cccc2c34)cc1. The molecule has 2 nitrogen and oxygen atoms in total. The summed E-state index contributed by atoms with van der Waals surface area (Å²) in [5, 5.41) is 7.47. The monoisotopic (exact) mass is 824 g/mol. The van der Waals surface area contributed by atoms with E-state index in [1.54, 1.807) is 0 Å². The fraction of sp³-hybridized carbons (Fsp3) is 0.0159. The average Bonchev–Trinajstić information content (AvgIpc) is 3.86. The number of benzene rings is 11. The molecule has 1 unspecified atom stereocenters. The molecule has 14 rings (SSSR count). The molecule has 1 atom stereocenters. The molecular formula is C63H40N2. The lowest BCUT2D eigenvalue weighted by atomic mass is 9.61. The van der Waals surface area contributed by atoms with Crippen LogP contribution in [0.1, 0.15) is 22.3 Å². The summed E-state index contributed by atoms with van der Waals surface area (Å²) < 4.78 is 2.42. The van der Waals surface area contributed by atoms with Crippen LogP contribution in [0.3, 0.4) is 0 Å². The summed E-state index contributed by atoms with van der Waals surface area (Å²) in [6.07, 6.45) is 0. The molecule has 0 bridgehead atoms. The molecule has 1 spiro atoms. The molecule has 0 amide bonds. The van der Waals surface area contributed by atoms with E-state index >= 15 is 0 Å². The smallest absolute Gasteiger partial charge is 0.0726 e. The van der Waals surface area contributed by atoms with E-state index in [1.807, 2.05) is 0 Å². The third-order valence-corrected chi connectivity index (χ3v) is 14.4. The largest absolute Gasteiger partial charge is 0.310 e. The second kappa shape index (κ2) is 13.8. The quantitative estimate of drug-likeness (QED) is 0.168. The first-order valence-corrected chi connectivity index (χ1v) is 22.6. The van der Waals surface area contributed by atoms with Crippen LogP contribution in [0.2, 0.25) is 0 Å². The maximum atomic E-state index is 2.53. The molecule has 1 aromatic heterocycles. The summed E-state index contributed by atoms with van der Waals surface area (Å²) in [7, 11) is 0. The molecule has 0 N–H and O–H groups in total. The van der Waals surface area contributed by atoms with Gasteiger partial charge in [-0.2, -0.15) is 0 Å². The van der Waals surface area contributed by atoms with E-state index in [0.717, 1.165) is 22.7 Å². The molecule has 0 fully saturated rings. The first-order valence-electron chi connectivity index (χ1n) is 22.6. The standard InChI is InChI=1S/C63H40N2/c1-3-17-42(18-4-1)48-28-16-32-56-62(48)53-38-36-45(39-57(53)63(56)54-30-11-9-26-49(54)52-29-13-21-43-22-14-31-55(63)61(43)52)64(58-34-15-20-41-19-7-8-25-47(41)58)46-35-37-51-50-27-10-12-33-59(50)65(60(51)40-46)44-23-5-2-6-24-44/h1-40H.